The lowest BCUT2D eigenvalue weighted by Crippen LogP contribution is -2.18. The molecule has 0 unspecified atom stereocenters. The number of aromatic nitrogens is 2. The van der Waals surface area contributed by atoms with E-state index in [1.807, 2.05) is 0 Å². The molecule has 108 valence electrons. The Morgan fingerprint density at radius 3 is 2.38 bits per heavy atom. The van der Waals surface area contributed by atoms with Gasteiger partial charge in [0.2, 0.25) is 0 Å². The first-order valence-electron chi connectivity index (χ1n) is 6.16. The second kappa shape index (κ2) is 4.91. The number of rotatable bonds is 1. The first kappa shape index (κ1) is 13.7. The van der Waals surface area contributed by atoms with Gasteiger partial charge in [-0.3, -0.25) is 4.99 Å². The van der Waals surface area contributed by atoms with Gasteiger partial charge in [-0.05, 0) is 24.3 Å². The van der Waals surface area contributed by atoms with E-state index in [1.54, 1.807) is 0 Å². The molecule has 0 atom stereocenters. The summed E-state index contributed by atoms with van der Waals surface area (Å²) in [6.07, 6.45) is -3.07. The molecule has 0 saturated carbocycles. The molecule has 0 amide bonds. The van der Waals surface area contributed by atoms with Crippen LogP contribution in [0.4, 0.5) is 17.6 Å². The molecular formula is C14H9F4N3. The van der Waals surface area contributed by atoms with Crippen LogP contribution in [0.5, 0.6) is 0 Å². The number of alkyl halides is 3. The van der Waals surface area contributed by atoms with E-state index in [1.165, 1.54) is 18.3 Å². The Kier molecular flexibility index (Phi) is 3.19. The van der Waals surface area contributed by atoms with Crippen molar-refractivity contribution in [2.24, 2.45) is 4.99 Å². The summed E-state index contributed by atoms with van der Waals surface area (Å²) in [7, 11) is 0. The van der Waals surface area contributed by atoms with E-state index in [0.717, 1.165) is 12.1 Å². The van der Waals surface area contributed by atoms with Crippen LogP contribution in [0.3, 0.4) is 0 Å². The van der Waals surface area contributed by atoms with Crippen LogP contribution >= 0.6 is 0 Å². The zero-order valence-corrected chi connectivity index (χ0v) is 10.7. The van der Waals surface area contributed by atoms with Gasteiger partial charge in [0, 0.05) is 23.8 Å². The molecule has 0 fully saturated rings. The summed E-state index contributed by atoms with van der Waals surface area (Å²) in [5.74, 6) is -0.546. The van der Waals surface area contributed by atoms with Gasteiger partial charge in [0.15, 0.2) is 11.5 Å². The summed E-state index contributed by atoms with van der Waals surface area (Å²) >= 11 is 0. The molecular weight excluding hydrogens is 286 g/mol. The normalized spacial score (nSPS) is 14.1. The second-order valence-corrected chi connectivity index (χ2v) is 4.55. The van der Waals surface area contributed by atoms with Gasteiger partial charge in [0.1, 0.15) is 5.82 Å². The van der Waals surface area contributed by atoms with Crippen molar-refractivity contribution in [3.8, 4) is 11.4 Å². The Labute approximate surface area is 117 Å². The van der Waals surface area contributed by atoms with Crippen LogP contribution in [-0.4, -0.2) is 16.2 Å². The van der Waals surface area contributed by atoms with E-state index in [0.29, 0.717) is 5.56 Å². The summed E-state index contributed by atoms with van der Waals surface area (Å²) < 4.78 is 52.3. The number of benzene rings is 1. The van der Waals surface area contributed by atoms with Crippen molar-refractivity contribution in [3.05, 3.63) is 47.0 Å². The average molecular weight is 295 g/mol. The third-order valence-corrected chi connectivity index (χ3v) is 3.13. The highest BCUT2D eigenvalue weighted by atomic mass is 19.4. The first-order chi connectivity index (χ1) is 9.95. The van der Waals surface area contributed by atoms with Crippen molar-refractivity contribution >= 4 is 6.21 Å². The number of nitrogens with zero attached hydrogens (tertiary/aromatic N) is 3. The molecule has 3 nitrogen and oxygen atoms in total. The highest BCUT2D eigenvalue weighted by Gasteiger charge is 2.37. The number of hydrogen-bond acceptors (Lipinski definition) is 3. The molecule has 3 rings (SSSR count). The van der Waals surface area contributed by atoms with Gasteiger partial charge in [-0.25, -0.2) is 14.4 Å². The molecule has 7 heteroatoms. The summed E-state index contributed by atoms with van der Waals surface area (Å²) in [6.45, 7) is 0.0924. The lowest BCUT2D eigenvalue weighted by molar-refractivity contribution is -0.141. The van der Waals surface area contributed by atoms with E-state index < -0.39 is 17.7 Å². The minimum Gasteiger partial charge on any atom is -0.291 e. The minimum atomic E-state index is -4.56. The van der Waals surface area contributed by atoms with Crippen LogP contribution in [0.15, 0.2) is 29.3 Å². The summed E-state index contributed by atoms with van der Waals surface area (Å²) in [4.78, 5) is 11.7. The quantitative estimate of drug-likeness (QED) is 0.756. The fraction of sp³-hybridized carbons (Fsp3) is 0.214. The zero-order valence-electron chi connectivity index (χ0n) is 10.7. The van der Waals surface area contributed by atoms with Crippen molar-refractivity contribution in [2.45, 2.75) is 19.1 Å². The van der Waals surface area contributed by atoms with Crippen molar-refractivity contribution in [1.82, 2.24) is 9.97 Å². The zero-order chi connectivity index (χ0) is 15.0. The van der Waals surface area contributed by atoms with E-state index in [4.69, 9.17) is 0 Å². The van der Waals surface area contributed by atoms with Crippen LogP contribution in [0.1, 0.15) is 17.0 Å². The summed E-state index contributed by atoms with van der Waals surface area (Å²) in [6, 6.07) is 5.01. The Balaban J connectivity index is 2.17. The molecule has 0 saturated heterocycles. The predicted molar refractivity (Wildman–Crippen MR) is 68.3 cm³/mol. The molecule has 2 aromatic rings. The van der Waals surface area contributed by atoms with Gasteiger partial charge in [0.25, 0.3) is 0 Å². The minimum absolute atomic E-state index is 0.0587. The molecule has 0 spiro atoms. The van der Waals surface area contributed by atoms with Crippen molar-refractivity contribution in [2.75, 3.05) is 0 Å². The molecule has 1 aliphatic rings. The van der Waals surface area contributed by atoms with Crippen LogP contribution < -0.4 is 0 Å². The topological polar surface area (TPSA) is 38.1 Å². The van der Waals surface area contributed by atoms with Crippen molar-refractivity contribution in [3.63, 3.8) is 0 Å². The predicted octanol–water partition coefficient (Wildman–Crippen LogP) is 3.43. The average Bonchev–Trinajstić information content (AvgIpc) is 2.46. The Morgan fingerprint density at radius 1 is 1.00 bits per heavy atom. The van der Waals surface area contributed by atoms with E-state index in [-0.39, 0.29) is 30.0 Å². The third-order valence-electron chi connectivity index (χ3n) is 3.13. The van der Waals surface area contributed by atoms with E-state index in [9.17, 15) is 17.6 Å². The molecule has 0 bridgehead atoms. The second-order valence-electron chi connectivity index (χ2n) is 4.55. The van der Waals surface area contributed by atoms with Crippen molar-refractivity contribution in [1.29, 1.82) is 0 Å². The third kappa shape index (κ3) is 2.63. The van der Waals surface area contributed by atoms with Gasteiger partial charge >= 0.3 is 6.18 Å². The Hall–Kier alpha value is -2.31. The number of aliphatic imine (C=N–C) groups is 1. The van der Waals surface area contributed by atoms with E-state index in [2.05, 4.69) is 15.0 Å². The molecule has 1 aromatic carbocycles. The molecule has 21 heavy (non-hydrogen) atoms. The number of hydrogen-bond donors (Lipinski definition) is 0. The van der Waals surface area contributed by atoms with Crippen molar-refractivity contribution < 1.29 is 17.6 Å². The number of fused-ring (bicyclic) bond motifs is 1. The SMILES string of the molecule is Fc1ccc(-c2nc3c(c(C(F)(F)F)n2)CC=NC3)cc1. The highest BCUT2D eigenvalue weighted by Crippen LogP contribution is 2.34. The maximum atomic E-state index is 13.1. The summed E-state index contributed by atoms with van der Waals surface area (Å²) in [5, 5.41) is 0. The van der Waals surface area contributed by atoms with Crippen LogP contribution in [-0.2, 0) is 19.1 Å². The standard InChI is InChI=1S/C14H9F4N3/c15-9-3-1-8(2-4-9)13-20-11-7-19-6-5-10(11)12(21-13)14(16,17)18/h1-4,6H,5,7H2. The molecule has 0 radical (unpaired) electrons. The smallest absolute Gasteiger partial charge is 0.291 e. The van der Waals surface area contributed by atoms with Gasteiger partial charge in [-0.1, -0.05) is 0 Å². The van der Waals surface area contributed by atoms with Gasteiger partial charge in [-0.15, -0.1) is 0 Å². The maximum Gasteiger partial charge on any atom is 0.433 e. The largest absolute Gasteiger partial charge is 0.433 e. The maximum absolute atomic E-state index is 13.1. The van der Waals surface area contributed by atoms with Crippen LogP contribution in [0, 0.1) is 5.82 Å². The van der Waals surface area contributed by atoms with Crippen LogP contribution in [0.25, 0.3) is 11.4 Å². The molecule has 1 aliphatic heterocycles. The lowest BCUT2D eigenvalue weighted by atomic mass is 10.0. The molecule has 1 aromatic heterocycles. The fourth-order valence-corrected chi connectivity index (χ4v) is 2.15. The van der Waals surface area contributed by atoms with Gasteiger partial charge in [-0.2, -0.15) is 13.2 Å². The van der Waals surface area contributed by atoms with E-state index >= 15 is 0 Å². The lowest BCUT2D eigenvalue weighted by Gasteiger charge is -2.17. The monoisotopic (exact) mass is 295 g/mol. The molecule has 0 aliphatic carbocycles. The molecule has 0 N–H and O–H groups in total. The molecule has 2 heterocycles. The Bertz CT molecular complexity index is 705. The Morgan fingerprint density at radius 2 is 1.71 bits per heavy atom. The first-order valence-corrected chi connectivity index (χ1v) is 6.16. The highest BCUT2D eigenvalue weighted by molar-refractivity contribution is 5.66. The fourth-order valence-electron chi connectivity index (χ4n) is 2.15. The van der Waals surface area contributed by atoms with Gasteiger partial charge in [0.05, 0.1) is 12.2 Å². The van der Waals surface area contributed by atoms with Gasteiger partial charge < -0.3 is 0 Å². The number of halogens is 4. The summed E-state index contributed by atoms with van der Waals surface area (Å²) in [5.41, 5.74) is -0.292. The van der Waals surface area contributed by atoms with Crippen LogP contribution in [0.2, 0.25) is 0 Å².